The predicted molar refractivity (Wildman–Crippen MR) is 86.0 cm³/mol. The summed E-state index contributed by atoms with van der Waals surface area (Å²) in [4.78, 5) is 15.8. The standard InChI is InChI=1S/C18H14ClNO/c1-12(21)15-7-6-13(11-17(15)19)10-14-8-9-20-18-5-3-2-4-16(14)18/h2-9,11H,10H2,1H3. The van der Waals surface area contributed by atoms with Gasteiger partial charge in [-0.15, -0.1) is 0 Å². The number of ketones is 1. The first-order valence-corrected chi connectivity index (χ1v) is 7.15. The average Bonchev–Trinajstić information content (AvgIpc) is 2.47. The van der Waals surface area contributed by atoms with E-state index in [0.29, 0.717) is 10.6 Å². The number of para-hydroxylation sites is 1. The lowest BCUT2D eigenvalue weighted by Gasteiger charge is -2.08. The van der Waals surface area contributed by atoms with Crippen LogP contribution in [0.4, 0.5) is 0 Å². The Labute approximate surface area is 128 Å². The highest BCUT2D eigenvalue weighted by Crippen LogP contribution is 2.23. The van der Waals surface area contributed by atoms with Crippen LogP contribution in [0.5, 0.6) is 0 Å². The summed E-state index contributed by atoms with van der Waals surface area (Å²) in [5.41, 5.74) is 3.84. The molecule has 0 aliphatic carbocycles. The van der Waals surface area contributed by atoms with E-state index in [1.54, 1.807) is 6.07 Å². The molecule has 0 radical (unpaired) electrons. The summed E-state index contributed by atoms with van der Waals surface area (Å²) >= 11 is 6.18. The van der Waals surface area contributed by atoms with Gasteiger partial charge in [0.15, 0.2) is 5.78 Å². The second kappa shape index (κ2) is 5.66. The van der Waals surface area contributed by atoms with Crippen LogP contribution >= 0.6 is 11.6 Å². The molecule has 21 heavy (non-hydrogen) atoms. The number of rotatable bonds is 3. The lowest BCUT2D eigenvalue weighted by molar-refractivity contribution is 0.101. The van der Waals surface area contributed by atoms with Crippen molar-refractivity contribution >= 4 is 28.3 Å². The van der Waals surface area contributed by atoms with Crippen LogP contribution in [0, 0.1) is 0 Å². The number of nitrogens with zero attached hydrogens (tertiary/aromatic N) is 1. The third kappa shape index (κ3) is 2.81. The van der Waals surface area contributed by atoms with Crippen LogP contribution in [0.3, 0.4) is 0 Å². The van der Waals surface area contributed by atoms with Gasteiger partial charge in [-0.1, -0.05) is 35.9 Å². The highest BCUT2D eigenvalue weighted by atomic mass is 35.5. The number of carbonyl (C=O) groups is 1. The first-order chi connectivity index (χ1) is 10.1. The molecule has 3 heteroatoms. The van der Waals surface area contributed by atoms with Crippen LogP contribution < -0.4 is 0 Å². The summed E-state index contributed by atoms with van der Waals surface area (Å²) < 4.78 is 0. The molecule has 2 nitrogen and oxygen atoms in total. The van der Waals surface area contributed by atoms with Gasteiger partial charge < -0.3 is 0 Å². The zero-order valence-electron chi connectivity index (χ0n) is 11.6. The second-order valence-electron chi connectivity index (χ2n) is 5.03. The minimum atomic E-state index is -0.0130. The first kappa shape index (κ1) is 13.8. The van der Waals surface area contributed by atoms with Gasteiger partial charge in [0.1, 0.15) is 0 Å². The maximum atomic E-state index is 11.4. The number of pyridine rings is 1. The van der Waals surface area contributed by atoms with Gasteiger partial charge in [0.2, 0.25) is 0 Å². The summed E-state index contributed by atoms with van der Waals surface area (Å²) in [7, 11) is 0. The largest absolute Gasteiger partial charge is 0.294 e. The van der Waals surface area contributed by atoms with Gasteiger partial charge in [-0.3, -0.25) is 9.78 Å². The number of Topliss-reactive ketones (excluding diaryl/α,β-unsaturated/α-hetero) is 1. The zero-order chi connectivity index (χ0) is 14.8. The molecule has 1 heterocycles. The molecule has 0 fully saturated rings. The number of benzene rings is 2. The number of carbonyl (C=O) groups excluding carboxylic acids is 1. The van der Waals surface area contributed by atoms with Gasteiger partial charge in [0.05, 0.1) is 10.5 Å². The Morgan fingerprint density at radius 1 is 1.14 bits per heavy atom. The molecular weight excluding hydrogens is 282 g/mol. The van der Waals surface area contributed by atoms with Crippen LogP contribution in [-0.4, -0.2) is 10.8 Å². The molecule has 0 N–H and O–H groups in total. The first-order valence-electron chi connectivity index (χ1n) is 6.77. The number of aromatic nitrogens is 1. The van der Waals surface area contributed by atoms with Crippen molar-refractivity contribution in [2.24, 2.45) is 0 Å². The Balaban J connectivity index is 1.99. The van der Waals surface area contributed by atoms with E-state index < -0.39 is 0 Å². The number of halogens is 1. The van der Waals surface area contributed by atoms with Crippen molar-refractivity contribution in [3.63, 3.8) is 0 Å². The summed E-state index contributed by atoms with van der Waals surface area (Å²) in [6.07, 6.45) is 2.59. The molecule has 0 spiro atoms. The van der Waals surface area contributed by atoms with Crippen molar-refractivity contribution in [2.75, 3.05) is 0 Å². The molecule has 0 atom stereocenters. The van der Waals surface area contributed by atoms with E-state index in [9.17, 15) is 4.79 Å². The fraction of sp³-hybridized carbons (Fsp3) is 0.111. The van der Waals surface area contributed by atoms with E-state index in [2.05, 4.69) is 11.1 Å². The number of fused-ring (bicyclic) bond motifs is 1. The molecule has 0 bridgehead atoms. The topological polar surface area (TPSA) is 30.0 Å². The van der Waals surface area contributed by atoms with Crippen LogP contribution in [0.2, 0.25) is 5.02 Å². The van der Waals surface area contributed by atoms with Crippen molar-refractivity contribution in [1.29, 1.82) is 0 Å². The van der Waals surface area contributed by atoms with Gasteiger partial charge >= 0.3 is 0 Å². The predicted octanol–water partition coefficient (Wildman–Crippen LogP) is 4.68. The average molecular weight is 296 g/mol. The monoisotopic (exact) mass is 295 g/mol. The molecule has 3 aromatic rings. The molecule has 104 valence electrons. The third-order valence-corrected chi connectivity index (χ3v) is 3.86. The van der Waals surface area contributed by atoms with Crippen molar-refractivity contribution in [3.8, 4) is 0 Å². The fourth-order valence-electron chi connectivity index (χ4n) is 2.48. The lowest BCUT2D eigenvalue weighted by Crippen LogP contribution is -1.96. The Morgan fingerprint density at radius 3 is 2.71 bits per heavy atom. The van der Waals surface area contributed by atoms with Gasteiger partial charge in [0, 0.05) is 17.1 Å². The molecule has 0 unspecified atom stereocenters. The van der Waals surface area contributed by atoms with Gasteiger partial charge in [-0.25, -0.2) is 0 Å². The Hall–Kier alpha value is -2.19. The number of hydrogen-bond donors (Lipinski definition) is 0. The lowest BCUT2D eigenvalue weighted by atomic mass is 10.00. The molecule has 0 saturated heterocycles. The quantitative estimate of drug-likeness (QED) is 0.657. The zero-order valence-corrected chi connectivity index (χ0v) is 12.4. The minimum Gasteiger partial charge on any atom is -0.294 e. The Morgan fingerprint density at radius 2 is 1.95 bits per heavy atom. The smallest absolute Gasteiger partial charge is 0.161 e. The minimum absolute atomic E-state index is 0.0130. The highest BCUT2D eigenvalue weighted by molar-refractivity contribution is 6.33. The van der Waals surface area contributed by atoms with Gasteiger partial charge in [-0.2, -0.15) is 0 Å². The van der Waals surface area contributed by atoms with E-state index in [1.807, 2.05) is 42.6 Å². The summed E-state index contributed by atoms with van der Waals surface area (Å²) in [5, 5.41) is 1.66. The highest BCUT2D eigenvalue weighted by Gasteiger charge is 2.08. The molecule has 3 rings (SSSR count). The fourth-order valence-corrected chi connectivity index (χ4v) is 2.82. The van der Waals surface area contributed by atoms with Crippen LogP contribution in [0.1, 0.15) is 28.4 Å². The molecule has 0 aliphatic rings. The van der Waals surface area contributed by atoms with E-state index >= 15 is 0 Å². The summed E-state index contributed by atoms with van der Waals surface area (Å²) in [6.45, 7) is 1.53. The van der Waals surface area contributed by atoms with Crippen LogP contribution in [0.15, 0.2) is 54.7 Å². The van der Waals surface area contributed by atoms with E-state index in [0.717, 1.165) is 22.9 Å². The SMILES string of the molecule is CC(=O)c1ccc(Cc2ccnc3ccccc23)cc1Cl. The van der Waals surface area contributed by atoms with E-state index in [4.69, 9.17) is 11.6 Å². The second-order valence-corrected chi connectivity index (χ2v) is 5.44. The maximum Gasteiger partial charge on any atom is 0.161 e. The summed E-state index contributed by atoms with van der Waals surface area (Å²) in [6, 6.07) is 15.7. The normalized spacial score (nSPS) is 10.8. The van der Waals surface area contributed by atoms with Crippen LogP contribution in [-0.2, 0) is 6.42 Å². The van der Waals surface area contributed by atoms with E-state index in [-0.39, 0.29) is 5.78 Å². The molecular formula is C18H14ClNO. The van der Waals surface area contributed by atoms with Crippen molar-refractivity contribution in [1.82, 2.24) is 4.98 Å². The summed E-state index contributed by atoms with van der Waals surface area (Å²) in [5.74, 6) is -0.0130. The Bertz CT molecular complexity index is 821. The maximum absolute atomic E-state index is 11.4. The van der Waals surface area contributed by atoms with Crippen molar-refractivity contribution in [3.05, 3.63) is 76.4 Å². The number of hydrogen-bond acceptors (Lipinski definition) is 2. The molecule has 1 aromatic heterocycles. The van der Waals surface area contributed by atoms with E-state index in [1.165, 1.54) is 12.5 Å². The Kier molecular flexibility index (Phi) is 3.72. The molecule has 0 aliphatic heterocycles. The molecule has 0 amide bonds. The van der Waals surface area contributed by atoms with Crippen LogP contribution in [0.25, 0.3) is 10.9 Å². The molecule has 2 aromatic carbocycles. The van der Waals surface area contributed by atoms with Gasteiger partial charge in [0.25, 0.3) is 0 Å². The van der Waals surface area contributed by atoms with Crippen molar-refractivity contribution in [2.45, 2.75) is 13.3 Å². The third-order valence-electron chi connectivity index (χ3n) is 3.55. The van der Waals surface area contributed by atoms with Crippen molar-refractivity contribution < 1.29 is 4.79 Å². The van der Waals surface area contributed by atoms with Gasteiger partial charge in [-0.05, 0) is 48.7 Å². The molecule has 0 saturated carbocycles.